The summed E-state index contributed by atoms with van der Waals surface area (Å²) < 4.78 is 0. The zero-order chi connectivity index (χ0) is 13.8. The molecular weight excluding hydrogens is 242 g/mol. The molecule has 1 N–H and O–H groups in total. The number of nitro groups is 1. The van der Waals surface area contributed by atoms with Crippen molar-refractivity contribution in [1.82, 2.24) is 4.90 Å². The van der Waals surface area contributed by atoms with Crippen molar-refractivity contribution in [2.24, 2.45) is 5.92 Å². The van der Waals surface area contributed by atoms with Gasteiger partial charge in [0.2, 0.25) is 0 Å². The number of nitro benzene ring substituents is 1. The topological polar surface area (TPSA) is 58.4 Å². The van der Waals surface area contributed by atoms with Crippen LogP contribution in [0.1, 0.15) is 18.9 Å². The SMILES string of the molecule is CCN1CCC(CNc2cc(C)cc([N+](=O)[O-])c2)C1. The summed E-state index contributed by atoms with van der Waals surface area (Å²) in [7, 11) is 0. The first-order valence-corrected chi connectivity index (χ1v) is 6.80. The standard InChI is InChI=1S/C14H21N3O2/c1-3-16-5-4-12(10-16)9-15-13-6-11(2)7-14(8-13)17(18)19/h6-8,12,15H,3-5,9-10H2,1-2H3. The molecule has 0 spiro atoms. The molecule has 0 aromatic heterocycles. The fourth-order valence-corrected chi connectivity index (χ4v) is 2.60. The molecule has 104 valence electrons. The largest absolute Gasteiger partial charge is 0.385 e. The van der Waals surface area contributed by atoms with Crippen LogP contribution in [0, 0.1) is 23.0 Å². The number of nitrogens with one attached hydrogen (secondary N) is 1. The lowest BCUT2D eigenvalue weighted by Crippen LogP contribution is -2.22. The lowest BCUT2D eigenvalue weighted by molar-refractivity contribution is -0.384. The van der Waals surface area contributed by atoms with Crippen LogP contribution < -0.4 is 5.32 Å². The molecule has 19 heavy (non-hydrogen) atoms. The van der Waals surface area contributed by atoms with E-state index < -0.39 is 0 Å². The Morgan fingerprint density at radius 1 is 1.47 bits per heavy atom. The Balaban J connectivity index is 1.94. The molecule has 5 heteroatoms. The summed E-state index contributed by atoms with van der Waals surface area (Å²) in [5.74, 6) is 0.638. The van der Waals surface area contributed by atoms with Gasteiger partial charge < -0.3 is 10.2 Å². The Hall–Kier alpha value is -1.62. The summed E-state index contributed by atoms with van der Waals surface area (Å²) in [4.78, 5) is 12.9. The Labute approximate surface area is 113 Å². The van der Waals surface area contributed by atoms with E-state index in [0.717, 1.165) is 37.4 Å². The number of benzene rings is 1. The number of nitrogens with zero attached hydrogens (tertiary/aromatic N) is 2. The van der Waals surface area contributed by atoms with E-state index in [2.05, 4.69) is 17.1 Å². The predicted octanol–water partition coefficient (Wildman–Crippen LogP) is 2.66. The van der Waals surface area contributed by atoms with Crippen LogP contribution in [0.15, 0.2) is 18.2 Å². The average molecular weight is 263 g/mol. The third-order valence-electron chi connectivity index (χ3n) is 3.68. The van der Waals surface area contributed by atoms with Crippen LogP contribution in [0.4, 0.5) is 11.4 Å². The van der Waals surface area contributed by atoms with E-state index in [1.807, 2.05) is 13.0 Å². The van der Waals surface area contributed by atoms with Crippen molar-refractivity contribution in [2.45, 2.75) is 20.3 Å². The van der Waals surface area contributed by atoms with Gasteiger partial charge in [0, 0.05) is 30.9 Å². The molecule has 0 radical (unpaired) electrons. The van der Waals surface area contributed by atoms with Gasteiger partial charge in [-0.25, -0.2) is 0 Å². The summed E-state index contributed by atoms with van der Waals surface area (Å²) in [5.41, 5.74) is 1.92. The molecule has 0 amide bonds. The fraction of sp³-hybridized carbons (Fsp3) is 0.571. The smallest absolute Gasteiger partial charge is 0.271 e. The van der Waals surface area contributed by atoms with Gasteiger partial charge in [0.1, 0.15) is 0 Å². The first-order chi connectivity index (χ1) is 9.08. The normalized spacial score (nSPS) is 19.6. The van der Waals surface area contributed by atoms with Gasteiger partial charge in [-0.15, -0.1) is 0 Å². The number of non-ortho nitro benzene ring substituents is 1. The predicted molar refractivity (Wildman–Crippen MR) is 76.5 cm³/mol. The molecule has 1 aliphatic rings. The first kappa shape index (κ1) is 13.8. The first-order valence-electron chi connectivity index (χ1n) is 6.80. The molecule has 0 saturated carbocycles. The van der Waals surface area contributed by atoms with Crippen LogP contribution in [0.25, 0.3) is 0 Å². The Morgan fingerprint density at radius 3 is 2.89 bits per heavy atom. The molecule has 1 aromatic carbocycles. The van der Waals surface area contributed by atoms with Crippen molar-refractivity contribution in [2.75, 3.05) is 31.5 Å². The Morgan fingerprint density at radius 2 is 2.26 bits per heavy atom. The van der Waals surface area contributed by atoms with E-state index >= 15 is 0 Å². The molecule has 2 rings (SSSR count). The third kappa shape index (κ3) is 3.67. The fourth-order valence-electron chi connectivity index (χ4n) is 2.60. The second kappa shape index (κ2) is 6.02. The highest BCUT2D eigenvalue weighted by molar-refractivity contribution is 5.53. The van der Waals surface area contributed by atoms with E-state index in [-0.39, 0.29) is 10.6 Å². The third-order valence-corrected chi connectivity index (χ3v) is 3.68. The van der Waals surface area contributed by atoms with Crippen LogP contribution in [0.2, 0.25) is 0 Å². The maximum absolute atomic E-state index is 10.8. The van der Waals surface area contributed by atoms with E-state index in [9.17, 15) is 10.1 Å². The highest BCUT2D eigenvalue weighted by atomic mass is 16.6. The number of anilines is 1. The minimum atomic E-state index is -0.341. The van der Waals surface area contributed by atoms with Crippen molar-refractivity contribution in [3.8, 4) is 0 Å². The maximum Gasteiger partial charge on any atom is 0.271 e. The second-order valence-corrected chi connectivity index (χ2v) is 5.24. The number of hydrogen-bond acceptors (Lipinski definition) is 4. The second-order valence-electron chi connectivity index (χ2n) is 5.24. The van der Waals surface area contributed by atoms with E-state index in [1.165, 1.54) is 6.42 Å². The van der Waals surface area contributed by atoms with Gasteiger partial charge in [0.05, 0.1) is 4.92 Å². The lowest BCUT2D eigenvalue weighted by Gasteiger charge is -2.14. The van der Waals surface area contributed by atoms with Gasteiger partial charge in [-0.1, -0.05) is 6.92 Å². The van der Waals surface area contributed by atoms with Crippen LogP contribution >= 0.6 is 0 Å². The van der Waals surface area contributed by atoms with Crippen molar-refractivity contribution in [3.05, 3.63) is 33.9 Å². The molecule has 1 fully saturated rings. The van der Waals surface area contributed by atoms with Gasteiger partial charge in [-0.05, 0) is 44.0 Å². The molecular formula is C14H21N3O2. The molecule has 1 aromatic rings. The number of hydrogen-bond donors (Lipinski definition) is 1. The molecule has 1 aliphatic heterocycles. The number of likely N-dealkylation sites (tertiary alicyclic amines) is 1. The highest BCUT2D eigenvalue weighted by Crippen LogP contribution is 2.22. The summed E-state index contributed by atoms with van der Waals surface area (Å²) in [6.07, 6.45) is 1.20. The number of rotatable bonds is 5. The van der Waals surface area contributed by atoms with Crippen LogP contribution in [0.5, 0.6) is 0 Å². The van der Waals surface area contributed by atoms with Gasteiger partial charge >= 0.3 is 0 Å². The van der Waals surface area contributed by atoms with Crippen LogP contribution in [-0.4, -0.2) is 36.0 Å². The van der Waals surface area contributed by atoms with E-state index in [4.69, 9.17) is 0 Å². The lowest BCUT2D eigenvalue weighted by atomic mass is 10.1. The van der Waals surface area contributed by atoms with Gasteiger partial charge in [0.25, 0.3) is 5.69 Å². The van der Waals surface area contributed by atoms with Crippen molar-refractivity contribution in [1.29, 1.82) is 0 Å². The highest BCUT2D eigenvalue weighted by Gasteiger charge is 2.20. The summed E-state index contributed by atoms with van der Waals surface area (Å²) in [6, 6.07) is 5.17. The zero-order valence-electron chi connectivity index (χ0n) is 11.6. The van der Waals surface area contributed by atoms with E-state index in [0.29, 0.717) is 5.92 Å². The van der Waals surface area contributed by atoms with Gasteiger partial charge in [-0.3, -0.25) is 10.1 Å². The summed E-state index contributed by atoms with van der Waals surface area (Å²) >= 11 is 0. The van der Waals surface area contributed by atoms with Gasteiger partial charge in [-0.2, -0.15) is 0 Å². The molecule has 1 atom stereocenters. The Bertz CT molecular complexity index is 462. The monoisotopic (exact) mass is 263 g/mol. The molecule has 1 saturated heterocycles. The Kier molecular flexibility index (Phi) is 4.37. The molecule has 1 heterocycles. The van der Waals surface area contributed by atoms with Crippen molar-refractivity contribution >= 4 is 11.4 Å². The minimum Gasteiger partial charge on any atom is -0.385 e. The molecule has 0 aliphatic carbocycles. The van der Waals surface area contributed by atoms with Crippen LogP contribution in [-0.2, 0) is 0 Å². The molecule has 1 unspecified atom stereocenters. The molecule has 0 bridgehead atoms. The van der Waals surface area contributed by atoms with Crippen molar-refractivity contribution in [3.63, 3.8) is 0 Å². The minimum absolute atomic E-state index is 0.157. The summed E-state index contributed by atoms with van der Waals surface area (Å²) in [5, 5.41) is 14.2. The number of aryl methyl sites for hydroxylation is 1. The van der Waals surface area contributed by atoms with Crippen molar-refractivity contribution < 1.29 is 4.92 Å². The quantitative estimate of drug-likeness (QED) is 0.655. The molecule has 5 nitrogen and oxygen atoms in total. The zero-order valence-corrected chi connectivity index (χ0v) is 11.6. The summed E-state index contributed by atoms with van der Waals surface area (Å²) in [6.45, 7) is 8.34. The van der Waals surface area contributed by atoms with E-state index in [1.54, 1.807) is 12.1 Å². The average Bonchev–Trinajstić information content (AvgIpc) is 2.83. The van der Waals surface area contributed by atoms with Gasteiger partial charge in [0.15, 0.2) is 0 Å². The maximum atomic E-state index is 10.8. The van der Waals surface area contributed by atoms with Crippen LogP contribution in [0.3, 0.4) is 0 Å².